The fraction of sp³-hybridized carbons (Fsp3) is 0.500. The molecule has 0 aliphatic rings. The van der Waals surface area contributed by atoms with E-state index in [-0.39, 0.29) is 0 Å². The molecule has 15 heavy (non-hydrogen) atoms. The van der Waals surface area contributed by atoms with Crippen LogP contribution in [-0.4, -0.2) is 8.86 Å². The largest absolute Gasteiger partial charge is 0.398 e. The summed E-state index contributed by atoms with van der Waals surface area (Å²) in [6, 6.07) is 6.46. The molecule has 0 aliphatic heterocycles. The highest BCUT2D eigenvalue weighted by molar-refractivity contribution is 14.1. The summed E-state index contributed by atoms with van der Waals surface area (Å²) in [6.07, 6.45) is 4.68. The average molecular weight is 429 g/mol. The van der Waals surface area contributed by atoms with Gasteiger partial charge in [-0.3, -0.25) is 0 Å². The van der Waals surface area contributed by atoms with Crippen LogP contribution in [0, 0.1) is 0 Å². The van der Waals surface area contributed by atoms with Crippen molar-refractivity contribution < 1.29 is 0 Å². The van der Waals surface area contributed by atoms with E-state index >= 15 is 0 Å². The van der Waals surface area contributed by atoms with E-state index in [2.05, 4.69) is 63.4 Å². The average Bonchev–Trinajstić information content (AvgIpc) is 2.26. The van der Waals surface area contributed by atoms with Gasteiger partial charge in [0, 0.05) is 5.69 Å². The molecule has 0 bridgehead atoms. The second kappa shape index (κ2) is 7.70. The number of alkyl halides is 2. The van der Waals surface area contributed by atoms with Crippen molar-refractivity contribution in [1.29, 1.82) is 0 Å². The van der Waals surface area contributed by atoms with Gasteiger partial charge in [-0.2, -0.15) is 0 Å². The summed E-state index contributed by atoms with van der Waals surface area (Å²) in [7, 11) is 0. The third kappa shape index (κ3) is 4.46. The molecule has 0 aromatic heterocycles. The maximum atomic E-state index is 6.16. The van der Waals surface area contributed by atoms with Crippen molar-refractivity contribution in [2.24, 2.45) is 0 Å². The third-order valence-electron chi connectivity index (χ3n) is 2.45. The van der Waals surface area contributed by atoms with Crippen LogP contribution in [0.15, 0.2) is 18.2 Å². The zero-order valence-electron chi connectivity index (χ0n) is 8.81. The fourth-order valence-corrected chi connectivity index (χ4v) is 2.38. The molecule has 1 aromatic carbocycles. The van der Waals surface area contributed by atoms with Gasteiger partial charge in [-0.1, -0.05) is 63.4 Å². The Morgan fingerprint density at radius 2 is 1.40 bits per heavy atom. The zero-order chi connectivity index (χ0) is 11.1. The predicted molar refractivity (Wildman–Crippen MR) is 85.3 cm³/mol. The van der Waals surface area contributed by atoms with E-state index in [1.54, 1.807) is 0 Å². The van der Waals surface area contributed by atoms with Crippen LogP contribution < -0.4 is 5.73 Å². The smallest absolute Gasteiger partial charge is 0.0379 e. The summed E-state index contributed by atoms with van der Waals surface area (Å²) in [5.74, 6) is 0. The van der Waals surface area contributed by atoms with Gasteiger partial charge in [0.15, 0.2) is 0 Å². The second-order valence-corrected chi connectivity index (χ2v) is 5.73. The predicted octanol–water partition coefficient (Wildman–Crippen LogP) is 4.00. The van der Waals surface area contributed by atoms with Crippen molar-refractivity contribution in [3.05, 3.63) is 29.3 Å². The summed E-state index contributed by atoms with van der Waals surface area (Å²) in [6.45, 7) is 0. The van der Waals surface area contributed by atoms with E-state index in [0.29, 0.717) is 0 Å². The molecule has 0 fully saturated rings. The Kier molecular flexibility index (Phi) is 6.96. The number of nitrogen functional groups attached to an aromatic ring is 1. The number of halogens is 2. The van der Waals surface area contributed by atoms with Gasteiger partial charge in [0.05, 0.1) is 0 Å². The Balaban J connectivity index is 2.71. The van der Waals surface area contributed by atoms with Crippen molar-refractivity contribution in [2.45, 2.75) is 25.7 Å². The molecule has 0 spiro atoms. The van der Waals surface area contributed by atoms with Crippen LogP contribution in [0.4, 0.5) is 5.69 Å². The molecule has 84 valence electrons. The van der Waals surface area contributed by atoms with Crippen LogP contribution >= 0.6 is 45.2 Å². The van der Waals surface area contributed by atoms with Crippen LogP contribution in [0.1, 0.15) is 24.0 Å². The summed E-state index contributed by atoms with van der Waals surface area (Å²) in [5, 5.41) is 0. The van der Waals surface area contributed by atoms with Crippen LogP contribution in [0.5, 0.6) is 0 Å². The van der Waals surface area contributed by atoms with Gasteiger partial charge in [0.25, 0.3) is 0 Å². The number of rotatable bonds is 6. The third-order valence-corrected chi connectivity index (χ3v) is 3.97. The van der Waals surface area contributed by atoms with Crippen molar-refractivity contribution in [1.82, 2.24) is 0 Å². The number of benzene rings is 1. The number of para-hydroxylation sites is 1. The summed E-state index contributed by atoms with van der Waals surface area (Å²) in [5.41, 5.74) is 9.86. The van der Waals surface area contributed by atoms with E-state index in [1.165, 1.54) is 32.8 Å². The van der Waals surface area contributed by atoms with Gasteiger partial charge in [0.1, 0.15) is 0 Å². The van der Waals surface area contributed by atoms with Gasteiger partial charge in [-0.05, 0) is 45.7 Å². The summed E-state index contributed by atoms with van der Waals surface area (Å²) >= 11 is 4.83. The Morgan fingerprint density at radius 3 is 1.80 bits per heavy atom. The minimum absolute atomic E-state index is 1.03. The molecule has 0 aliphatic carbocycles. The van der Waals surface area contributed by atoms with Crippen molar-refractivity contribution in [3.8, 4) is 0 Å². The number of aryl methyl sites for hydroxylation is 2. The molecule has 3 heteroatoms. The number of nitrogens with two attached hydrogens (primary N) is 1. The van der Waals surface area contributed by atoms with Crippen molar-refractivity contribution in [2.75, 3.05) is 14.6 Å². The van der Waals surface area contributed by atoms with Gasteiger partial charge in [-0.25, -0.2) is 0 Å². The lowest BCUT2D eigenvalue weighted by molar-refractivity contribution is 0.922. The quantitative estimate of drug-likeness (QED) is 0.413. The molecule has 1 rings (SSSR count). The number of hydrogen-bond acceptors (Lipinski definition) is 1. The van der Waals surface area contributed by atoms with Gasteiger partial charge < -0.3 is 5.73 Å². The van der Waals surface area contributed by atoms with E-state index in [4.69, 9.17) is 5.73 Å². The highest BCUT2D eigenvalue weighted by Gasteiger charge is 2.03. The minimum Gasteiger partial charge on any atom is -0.398 e. The Hall–Kier alpha value is 0.480. The molecule has 0 unspecified atom stereocenters. The molecule has 0 saturated carbocycles. The van der Waals surface area contributed by atoms with Gasteiger partial charge in [0.2, 0.25) is 0 Å². The Labute approximate surface area is 119 Å². The fourth-order valence-electron chi connectivity index (χ4n) is 1.62. The molecular weight excluding hydrogens is 412 g/mol. The maximum absolute atomic E-state index is 6.16. The summed E-state index contributed by atoms with van der Waals surface area (Å²) < 4.78 is 2.41. The lowest BCUT2D eigenvalue weighted by Crippen LogP contribution is -2.00. The van der Waals surface area contributed by atoms with E-state index in [9.17, 15) is 0 Å². The van der Waals surface area contributed by atoms with E-state index in [1.807, 2.05) is 0 Å². The Morgan fingerprint density at radius 1 is 0.933 bits per heavy atom. The number of anilines is 1. The monoisotopic (exact) mass is 429 g/mol. The number of hydrogen-bond donors (Lipinski definition) is 1. The maximum Gasteiger partial charge on any atom is 0.0379 e. The van der Waals surface area contributed by atoms with Crippen LogP contribution in [0.3, 0.4) is 0 Å². The molecule has 0 heterocycles. The lowest BCUT2D eigenvalue weighted by Gasteiger charge is -2.10. The summed E-state index contributed by atoms with van der Waals surface area (Å²) in [4.78, 5) is 0. The van der Waals surface area contributed by atoms with Gasteiger partial charge in [-0.15, -0.1) is 0 Å². The zero-order valence-corrected chi connectivity index (χ0v) is 13.1. The molecular formula is C12H17I2N. The first-order valence-corrected chi connectivity index (χ1v) is 8.33. The topological polar surface area (TPSA) is 26.0 Å². The molecule has 2 N–H and O–H groups in total. The molecule has 0 amide bonds. The standard InChI is InChI=1S/C12H17I2N/c13-8-2-6-10-4-1-5-11(12(10)15)7-3-9-14/h1,4-5H,2-3,6-9,15H2. The van der Waals surface area contributed by atoms with E-state index in [0.717, 1.165) is 18.5 Å². The Bertz CT molecular complexity index is 273. The first kappa shape index (κ1) is 13.5. The first-order valence-electron chi connectivity index (χ1n) is 5.27. The van der Waals surface area contributed by atoms with E-state index < -0.39 is 0 Å². The minimum atomic E-state index is 1.03. The molecule has 1 aromatic rings. The van der Waals surface area contributed by atoms with Crippen LogP contribution in [0.2, 0.25) is 0 Å². The van der Waals surface area contributed by atoms with Crippen molar-refractivity contribution >= 4 is 50.9 Å². The highest BCUT2D eigenvalue weighted by atomic mass is 127. The van der Waals surface area contributed by atoms with Gasteiger partial charge >= 0.3 is 0 Å². The van der Waals surface area contributed by atoms with Crippen LogP contribution in [-0.2, 0) is 12.8 Å². The first-order chi connectivity index (χ1) is 7.29. The molecule has 0 saturated heterocycles. The second-order valence-electron chi connectivity index (χ2n) is 3.58. The SMILES string of the molecule is Nc1c(CCCI)cccc1CCCI. The molecule has 0 radical (unpaired) electrons. The van der Waals surface area contributed by atoms with Crippen molar-refractivity contribution in [3.63, 3.8) is 0 Å². The normalized spacial score (nSPS) is 10.5. The molecule has 1 nitrogen and oxygen atoms in total. The lowest BCUT2D eigenvalue weighted by atomic mass is 10.0. The van der Waals surface area contributed by atoms with Crippen LogP contribution in [0.25, 0.3) is 0 Å². The highest BCUT2D eigenvalue weighted by Crippen LogP contribution is 2.21. The molecule has 0 atom stereocenters.